The first-order chi connectivity index (χ1) is 7.90. The molecule has 1 aliphatic carbocycles. The molecule has 3 rings (SSSR count). The minimum absolute atomic E-state index is 0.0444. The van der Waals surface area contributed by atoms with Crippen LogP contribution >= 0.6 is 11.3 Å². The Labute approximate surface area is 96.8 Å². The molecule has 0 bridgehead atoms. The molecule has 16 heavy (non-hydrogen) atoms. The molecule has 6 heteroatoms. The molecule has 2 heterocycles. The summed E-state index contributed by atoms with van der Waals surface area (Å²) in [7, 11) is 0. The van der Waals surface area contributed by atoms with Crippen LogP contribution in [0.1, 0.15) is 36.6 Å². The minimum Gasteiger partial charge on any atom is -0.390 e. The largest absolute Gasteiger partial charge is 0.390 e. The van der Waals surface area contributed by atoms with Gasteiger partial charge in [-0.25, -0.2) is 4.98 Å². The van der Waals surface area contributed by atoms with Crippen LogP contribution in [-0.4, -0.2) is 25.1 Å². The fourth-order valence-corrected chi connectivity index (χ4v) is 2.58. The molecule has 0 atom stereocenters. The summed E-state index contributed by atoms with van der Waals surface area (Å²) < 4.78 is 1.78. The number of aromatic nitrogens is 4. The van der Waals surface area contributed by atoms with Gasteiger partial charge in [0.15, 0.2) is 0 Å². The van der Waals surface area contributed by atoms with E-state index in [0.717, 1.165) is 23.7 Å². The number of nitrogens with zero attached hydrogens (tertiary/aromatic N) is 4. The summed E-state index contributed by atoms with van der Waals surface area (Å²) in [6.45, 7) is -0.0444. The Balaban J connectivity index is 2.07. The van der Waals surface area contributed by atoms with E-state index in [1.54, 1.807) is 10.9 Å². The van der Waals surface area contributed by atoms with Crippen molar-refractivity contribution in [2.45, 2.75) is 31.8 Å². The lowest BCUT2D eigenvalue weighted by Crippen LogP contribution is -2.15. The maximum Gasteiger partial charge on any atom is 0.211 e. The Bertz CT molecular complexity index is 475. The summed E-state index contributed by atoms with van der Waals surface area (Å²) in [6, 6.07) is 0. The molecular formula is C10H12N4OS. The zero-order valence-corrected chi connectivity index (χ0v) is 9.52. The molecule has 0 amide bonds. The smallest absolute Gasteiger partial charge is 0.211 e. The molecule has 2 aromatic heterocycles. The highest BCUT2D eigenvalue weighted by molar-refractivity contribution is 7.12. The number of hydrogen-bond acceptors (Lipinski definition) is 5. The van der Waals surface area contributed by atoms with Gasteiger partial charge < -0.3 is 5.11 Å². The normalized spacial score (nSPS) is 16.3. The van der Waals surface area contributed by atoms with Crippen LogP contribution in [0.4, 0.5) is 0 Å². The molecule has 1 aliphatic rings. The van der Waals surface area contributed by atoms with Crippen LogP contribution in [0.3, 0.4) is 0 Å². The summed E-state index contributed by atoms with van der Waals surface area (Å²) in [5.74, 6) is 0.487. The Morgan fingerprint density at radius 2 is 2.38 bits per heavy atom. The first kappa shape index (κ1) is 9.92. The lowest BCUT2D eigenvalue weighted by Gasteiger charge is -2.25. The number of aliphatic hydroxyl groups excluding tert-OH is 1. The average molecular weight is 236 g/mol. The van der Waals surface area contributed by atoms with E-state index in [0.29, 0.717) is 11.6 Å². The van der Waals surface area contributed by atoms with E-state index in [2.05, 4.69) is 15.3 Å². The van der Waals surface area contributed by atoms with Gasteiger partial charge in [0, 0.05) is 17.5 Å². The van der Waals surface area contributed by atoms with Gasteiger partial charge >= 0.3 is 0 Å². The quantitative estimate of drug-likeness (QED) is 0.876. The fraction of sp³-hybridized carbons (Fsp3) is 0.500. The maximum atomic E-state index is 9.26. The fourth-order valence-electron chi connectivity index (χ4n) is 1.99. The molecule has 84 valence electrons. The molecule has 1 fully saturated rings. The van der Waals surface area contributed by atoms with Crippen LogP contribution in [0, 0.1) is 0 Å². The third kappa shape index (κ3) is 1.45. The molecule has 1 saturated carbocycles. The predicted molar refractivity (Wildman–Crippen MR) is 59.5 cm³/mol. The number of rotatable bonds is 3. The van der Waals surface area contributed by atoms with Gasteiger partial charge in [0.1, 0.15) is 5.69 Å². The van der Waals surface area contributed by atoms with Gasteiger partial charge in [-0.1, -0.05) is 11.6 Å². The van der Waals surface area contributed by atoms with Crippen molar-refractivity contribution >= 4 is 11.3 Å². The lowest BCUT2D eigenvalue weighted by atomic mass is 9.82. The van der Waals surface area contributed by atoms with Crippen molar-refractivity contribution in [3.63, 3.8) is 0 Å². The van der Waals surface area contributed by atoms with Crippen molar-refractivity contribution < 1.29 is 5.11 Å². The highest BCUT2D eigenvalue weighted by Gasteiger charge is 2.28. The Morgan fingerprint density at radius 3 is 2.94 bits per heavy atom. The maximum absolute atomic E-state index is 9.26. The van der Waals surface area contributed by atoms with E-state index in [9.17, 15) is 5.11 Å². The van der Waals surface area contributed by atoms with Gasteiger partial charge in [0.2, 0.25) is 5.13 Å². The van der Waals surface area contributed by atoms with Gasteiger partial charge in [-0.2, -0.15) is 4.68 Å². The second-order valence-electron chi connectivity index (χ2n) is 3.93. The van der Waals surface area contributed by atoms with E-state index in [1.807, 2.05) is 5.38 Å². The van der Waals surface area contributed by atoms with Crippen LogP contribution in [0.2, 0.25) is 0 Å². The standard InChI is InChI=1S/C10H12N4OS/c15-6-8-9(7-2-1-3-7)14(13-12-8)10-11-4-5-16-10/h4-5,7,15H,1-3,6H2. The van der Waals surface area contributed by atoms with Crippen molar-refractivity contribution in [1.29, 1.82) is 0 Å². The number of hydrogen-bond donors (Lipinski definition) is 1. The van der Waals surface area contributed by atoms with Crippen LogP contribution < -0.4 is 0 Å². The van der Waals surface area contributed by atoms with E-state index in [1.165, 1.54) is 17.8 Å². The minimum atomic E-state index is -0.0444. The zero-order chi connectivity index (χ0) is 11.0. The van der Waals surface area contributed by atoms with E-state index < -0.39 is 0 Å². The van der Waals surface area contributed by atoms with E-state index in [4.69, 9.17) is 0 Å². The summed E-state index contributed by atoms with van der Waals surface area (Å²) >= 11 is 1.53. The van der Waals surface area contributed by atoms with Crippen molar-refractivity contribution in [3.8, 4) is 5.13 Å². The van der Waals surface area contributed by atoms with Gasteiger partial charge in [-0.05, 0) is 12.8 Å². The molecular weight excluding hydrogens is 224 g/mol. The highest BCUT2D eigenvalue weighted by Crippen LogP contribution is 2.38. The molecule has 0 spiro atoms. The van der Waals surface area contributed by atoms with Crippen LogP contribution in [-0.2, 0) is 6.61 Å². The van der Waals surface area contributed by atoms with Crippen molar-refractivity contribution in [1.82, 2.24) is 20.0 Å². The summed E-state index contributed by atoms with van der Waals surface area (Å²) in [6.07, 6.45) is 5.32. The van der Waals surface area contributed by atoms with E-state index >= 15 is 0 Å². The third-order valence-electron chi connectivity index (χ3n) is 3.02. The predicted octanol–water partition coefficient (Wildman–Crippen LogP) is 1.48. The lowest BCUT2D eigenvalue weighted by molar-refractivity contribution is 0.272. The number of thiazole rings is 1. The highest BCUT2D eigenvalue weighted by atomic mass is 32.1. The molecule has 2 aromatic rings. The van der Waals surface area contributed by atoms with Crippen molar-refractivity contribution in [3.05, 3.63) is 23.0 Å². The first-order valence-electron chi connectivity index (χ1n) is 5.35. The van der Waals surface area contributed by atoms with E-state index in [-0.39, 0.29) is 6.61 Å². The third-order valence-corrected chi connectivity index (χ3v) is 3.77. The number of aliphatic hydroxyl groups is 1. The van der Waals surface area contributed by atoms with Crippen LogP contribution in [0.25, 0.3) is 5.13 Å². The molecule has 1 N–H and O–H groups in total. The Morgan fingerprint density at radius 1 is 1.50 bits per heavy atom. The topological polar surface area (TPSA) is 63.8 Å². The Kier molecular flexibility index (Phi) is 2.45. The monoisotopic (exact) mass is 236 g/mol. The van der Waals surface area contributed by atoms with Gasteiger partial charge in [-0.15, -0.1) is 16.4 Å². The van der Waals surface area contributed by atoms with Gasteiger partial charge in [0.05, 0.1) is 12.3 Å². The second-order valence-corrected chi connectivity index (χ2v) is 4.81. The van der Waals surface area contributed by atoms with Gasteiger partial charge in [-0.3, -0.25) is 0 Å². The summed E-state index contributed by atoms with van der Waals surface area (Å²) in [4.78, 5) is 4.23. The molecule has 0 aromatic carbocycles. The second kappa shape index (κ2) is 3.95. The zero-order valence-electron chi connectivity index (χ0n) is 8.70. The summed E-state index contributed by atoms with van der Waals surface area (Å²) in [5.41, 5.74) is 1.74. The van der Waals surface area contributed by atoms with Crippen LogP contribution in [0.5, 0.6) is 0 Å². The van der Waals surface area contributed by atoms with Crippen molar-refractivity contribution in [2.24, 2.45) is 0 Å². The molecule has 0 unspecified atom stereocenters. The van der Waals surface area contributed by atoms with Crippen molar-refractivity contribution in [2.75, 3.05) is 0 Å². The van der Waals surface area contributed by atoms with Gasteiger partial charge in [0.25, 0.3) is 0 Å². The molecule has 0 saturated heterocycles. The average Bonchev–Trinajstić information content (AvgIpc) is 2.82. The molecule has 0 radical (unpaired) electrons. The molecule has 5 nitrogen and oxygen atoms in total. The van der Waals surface area contributed by atoms with Crippen LogP contribution in [0.15, 0.2) is 11.6 Å². The molecule has 0 aliphatic heterocycles. The Hall–Kier alpha value is -1.27. The first-order valence-corrected chi connectivity index (χ1v) is 6.23. The summed E-state index contributed by atoms with van der Waals surface area (Å²) in [5, 5.41) is 20.1. The SMILES string of the molecule is OCc1nnn(-c2nccs2)c1C1CCC1.